The largest absolute Gasteiger partial charge is 0.497 e. The zero-order chi connectivity index (χ0) is 13.4. The van der Waals surface area contributed by atoms with E-state index < -0.39 is 7.52 Å². The first-order valence-corrected chi connectivity index (χ1v) is 7.15. The molecule has 0 saturated heterocycles. The molecule has 18 heavy (non-hydrogen) atoms. The molecule has 0 bridgehead atoms. The maximum Gasteiger partial charge on any atom is 0.300 e. The molecule has 0 heterocycles. The molecule has 1 N–H and O–H groups in total. The second-order valence-corrected chi connectivity index (χ2v) is 5.68. The van der Waals surface area contributed by atoms with Gasteiger partial charge in [0, 0.05) is 6.54 Å². The van der Waals surface area contributed by atoms with Crippen LogP contribution in [0.25, 0.3) is 0 Å². The van der Waals surface area contributed by atoms with Gasteiger partial charge < -0.3 is 9.26 Å². The molecular weight excluding hydrogens is 249 g/mol. The maximum absolute atomic E-state index is 12.7. The van der Waals surface area contributed by atoms with Crippen molar-refractivity contribution in [3.8, 4) is 5.75 Å². The summed E-state index contributed by atoms with van der Waals surface area (Å²) in [4.78, 5) is 0. The molecule has 1 aromatic carbocycles. The van der Waals surface area contributed by atoms with E-state index in [0.717, 1.165) is 0 Å². The summed E-state index contributed by atoms with van der Waals surface area (Å²) in [5.41, 5.74) is 0. The fourth-order valence-corrected chi connectivity index (χ4v) is 2.98. The van der Waals surface area contributed by atoms with Crippen molar-refractivity contribution in [3.63, 3.8) is 0 Å². The highest BCUT2D eigenvalue weighted by Gasteiger charge is 2.24. The SMILES string of the molecule is C=CCNP(=O)(OCC=C)c1ccc(OC)cc1. The van der Waals surface area contributed by atoms with Crippen LogP contribution in [0.1, 0.15) is 0 Å². The number of rotatable bonds is 8. The molecule has 0 spiro atoms. The van der Waals surface area contributed by atoms with Gasteiger partial charge in [-0.25, -0.2) is 5.09 Å². The summed E-state index contributed by atoms with van der Waals surface area (Å²) in [7, 11) is -1.50. The normalized spacial score (nSPS) is 13.6. The molecule has 0 saturated carbocycles. The Morgan fingerprint density at radius 1 is 1.28 bits per heavy atom. The van der Waals surface area contributed by atoms with Crippen LogP contribution in [0.3, 0.4) is 0 Å². The Kier molecular flexibility index (Phi) is 5.86. The quantitative estimate of drug-likeness (QED) is 0.580. The number of methoxy groups -OCH3 is 1. The summed E-state index contributed by atoms with van der Waals surface area (Å²) in [5, 5.41) is 3.45. The van der Waals surface area contributed by atoms with Gasteiger partial charge in [-0.2, -0.15) is 0 Å². The zero-order valence-electron chi connectivity index (χ0n) is 10.5. The summed E-state index contributed by atoms with van der Waals surface area (Å²) < 4.78 is 23.1. The Morgan fingerprint density at radius 3 is 2.44 bits per heavy atom. The van der Waals surface area contributed by atoms with E-state index in [9.17, 15) is 4.57 Å². The maximum atomic E-state index is 12.7. The van der Waals surface area contributed by atoms with Crippen molar-refractivity contribution < 1.29 is 13.8 Å². The van der Waals surface area contributed by atoms with Gasteiger partial charge in [-0.1, -0.05) is 12.2 Å². The van der Waals surface area contributed by atoms with Gasteiger partial charge >= 0.3 is 0 Å². The fraction of sp³-hybridized carbons (Fsp3) is 0.231. The van der Waals surface area contributed by atoms with E-state index in [4.69, 9.17) is 9.26 Å². The third-order valence-electron chi connectivity index (χ3n) is 2.23. The minimum absolute atomic E-state index is 0.216. The van der Waals surface area contributed by atoms with Crippen LogP contribution in [-0.4, -0.2) is 20.3 Å². The van der Waals surface area contributed by atoms with Gasteiger partial charge in [-0.05, 0) is 24.3 Å². The van der Waals surface area contributed by atoms with E-state index >= 15 is 0 Å². The lowest BCUT2D eigenvalue weighted by atomic mass is 10.3. The zero-order valence-corrected chi connectivity index (χ0v) is 11.4. The molecule has 98 valence electrons. The Labute approximate surface area is 108 Å². The number of benzene rings is 1. The van der Waals surface area contributed by atoms with Crippen LogP contribution >= 0.6 is 7.52 Å². The van der Waals surface area contributed by atoms with Gasteiger partial charge in [0.05, 0.1) is 19.0 Å². The summed E-state index contributed by atoms with van der Waals surface area (Å²) in [5.74, 6) is 0.706. The molecule has 4 nitrogen and oxygen atoms in total. The van der Waals surface area contributed by atoms with Gasteiger partial charge in [0.15, 0.2) is 0 Å². The van der Waals surface area contributed by atoms with Crippen LogP contribution in [0.5, 0.6) is 5.75 Å². The van der Waals surface area contributed by atoms with E-state index in [1.54, 1.807) is 43.5 Å². The van der Waals surface area contributed by atoms with Gasteiger partial charge in [-0.3, -0.25) is 4.57 Å². The van der Waals surface area contributed by atoms with Crippen LogP contribution in [-0.2, 0) is 9.09 Å². The molecule has 0 amide bonds. The van der Waals surface area contributed by atoms with E-state index in [1.165, 1.54) is 0 Å². The first kappa shape index (κ1) is 14.7. The summed E-state index contributed by atoms with van der Waals surface area (Å²) in [6, 6.07) is 6.93. The van der Waals surface area contributed by atoms with Crippen molar-refractivity contribution in [2.24, 2.45) is 0 Å². The van der Waals surface area contributed by atoms with Crippen molar-refractivity contribution in [1.29, 1.82) is 0 Å². The average molecular weight is 267 g/mol. The number of hydrogen-bond acceptors (Lipinski definition) is 3. The monoisotopic (exact) mass is 267 g/mol. The van der Waals surface area contributed by atoms with E-state index in [1.807, 2.05) is 0 Å². The smallest absolute Gasteiger partial charge is 0.300 e. The minimum atomic E-state index is -3.08. The summed E-state index contributed by atoms with van der Waals surface area (Å²) >= 11 is 0. The van der Waals surface area contributed by atoms with Crippen molar-refractivity contribution in [3.05, 3.63) is 49.6 Å². The van der Waals surface area contributed by atoms with Gasteiger partial charge in [0.1, 0.15) is 5.75 Å². The number of nitrogens with one attached hydrogen (secondary N) is 1. The molecule has 0 aromatic heterocycles. The molecule has 1 rings (SSSR count). The van der Waals surface area contributed by atoms with Crippen LogP contribution < -0.4 is 15.1 Å². The van der Waals surface area contributed by atoms with Crippen LogP contribution in [0.15, 0.2) is 49.6 Å². The molecule has 1 unspecified atom stereocenters. The lowest BCUT2D eigenvalue weighted by Gasteiger charge is -2.18. The Hall–Kier alpha value is -1.35. The average Bonchev–Trinajstić information content (AvgIpc) is 2.43. The van der Waals surface area contributed by atoms with Gasteiger partial charge in [-0.15, -0.1) is 13.2 Å². The number of ether oxygens (including phenoxy) is 1. The molecule has 0 fully saturated rings. The molecule has 0 aliphatic carbocycles. The molecule has 0 aliphatic heterocycles. The summed E-state index contributed by atoms with van der Waals surface area (Å²) in [6.07, 6.45) is 3.19. The second kappa shape index (κ2) is 7.17. The Bertz CT molecular complexity index is 426. The van der Waals surface area contributed by atoms with Crippen molar-refractivity contribution in [2.45, 2.75) is 0 Å². The Morgan fingerprint density at radius 2 is 1.94 bits per heavy atom. The van der Waals surface area contributed by atoms with Crippen molar-refractivity contribution >= 4 is 12.8 Å². The highest BCUT2D eigenvalue weighted by Crippen LogP contribution is 2.41. The van der Waals surface area contributed by atoms with E-state index in [0.29, 0.717) is 17.6 Å². The highest BCUT2D eigenvalue weighted by molar-refractivity contribution is 7.65. The lowest BCUT2D eigenvalue weighted by Crippen LogP contribution is -2.21. The van der Waals surface area contributed by atoms with Crippen molar-refractivity contribution in [2.75, 3.05) is 20.3 Å². The van der Waals surface area contributed by atoms with Gasteiger partial charge in [0.25, 0.3) is 7.52 Å². The molecule has 1 aromatic rings. The first-order chi connectivity index (χ1) is 8.66. The standard InChI is InChI=1S/C13H18NO3P/c1-4-10-14-18(15,17-11-5-2)13-8-6-12(16-3)7-9-13/h4-9H,1-2,10-11H2,3H3,(H,14,15). The topological polar surface area (TPSA) is 47.6 Å². The predicted molar refractivity (Wildman–Crippen MR) is 74.6 cm³/mol. The first-order valence-electron chi connectivity index (χ1n) is 5.52. The van der Waals surface area contributed by atoms with Crippen LogP contribution in [0.2, 0.25) is 0 Å². The van der Waals surface area contributed by atoms with E-state index in [2.05, 4.69) is 18.2 Å². The minimum Gasteiger partial charge on any atom is -0.497 e. The van der Waals surface area contributed by atoms with Gasteiger partial charge in [0.2, 0.25) is 0 Å². The predicted octanol–water partition coefficient (Wildman–Crippen LogP) is 2.49. The van der Waals surface area contributed by atoms with Crippen molar-refractivity contribution in [1.82, 2.24) is 5.09 Å². The highest BCUT2D eigenvalue weighted by atomic mass is 31.2. The molecular formula is C13H18NO3P. The third-order valence-corrected chi connectivity index (χ3v) is 4.32. The summed E-state index contributed by atoms with van der Waals surface area (Å²) in [6.45, 7) is 7.76. The Balaban J connectivity index is 2.95. The molecule has 0 radical (unpaired) electrons. The molecule has 1 atom stereocenters. The van der Waals surface area contributed by atoms with Crippen LogP contribution in [0, 0.1) is 0 Å². The lowest BCUT2D eigenvalue weighted by molar-refractivity contribution is 0.353. The third kappa shape index (κ3) is 3.84. The molecule has 0 aliphatic rings. The van der Waals surface area contributed by atoms with Crippen LogP contribution in [0.4, 0.5) is 0 Å². The number of hydrogen-bond donors (Lipinski definition) is 1. The molecule has 5 heteroatoms. The van der Waals surface area contributed by atoms with E-state index in [-0.39, 0.29) is 6.61 Å². The fourth-order valence-electron chi connectivity index (χ4n) is 1.33. The second-order valence-electron chi connectivity index (χ2n) is 3.48.